The molecule has 0 atom stereocenters. The minimum atomic E-state index is -0.519. The van der Waals surface area contributed by atoms with Gasteiger partial charge in [-0.25, -0.2) is 4.39 Å². The fraction of sp³-hybridized carbons (Fsp3) is 0.100. The van der Waals surface area contributed by atoms with Crippen molar-refractivity contribution in [3.05, 3.63) is 36.7 Å². The Morgan fingerprint density at radius 2 is 2.36 bits per heavy atom. The average Bonchev–Trinajstić information content (AvgIpc) is 2.18. The normalized spacial score (nSPS) is 9.29. The Hall–Kier alpha value is -1.84. The van der Waals surface area contributed by atoms with Gasteiger partial charge >= 0.3 is 0 Å². The number of carbonyl (C=O) groups excluding carboxylic acids is 1. The number of anilines is 1. The first-order valence-corrected chi connectivity index (χ1v) is 3.94. The van der Waals surface area contributed by atoms with Crippen LogP contribution < -0.4 is 10.1 Å². The SMILES string of the molecule is C=CC(=O)Nc1ccc(OC)c(F)c1. The van der Waals surface area contributed by atoms with Crippen LogP contribution in [0.1, 0.15) is 0 Å². The van der Waals surface area contributed by atoms with Gasteiger partial charge in [0.15, 0.2) is 11.6 Å². The zero-order valence-corrected chi connectivity index (χ0v) is 7.71. The first kappa shape index (κ1) is 10.2. The van der Waals surface area contributed by atoms with Crippen LogP contribution in [-0.2, 0) is 4.79 Å². The predicted molar refractivity (Wildman–Crippen MR) is 51.8 cm³/mol. The summed E-state index contributed by atoms with van der Waals surface area (Å²) in [4.78, 5) is 10.9. The van der Waals surface area contributed by atoms with Gasteiger partial charge in [-0.05, 0) is 18.2 Å². The molecule has 0 saturated heterocycles. The predicted octanol–water partition coefficient (Wildman–Crippen LogP) is 1.96. The molecule has 74 valence electrons. The van der Waals surface area contributed by atoms with Crippen molar-refractivity contribution < 1.29 is 13.9 Å². The van der Waals surface area contributed by atoms with E-state index in [2.05, 4.69) is 11.9 Å². The Kier molecular flexibility index (Phi) is 3.23. The highest BCUT2D eigenvalue weighted by Gasteiger charge is 2.04. The summed E-state index contributed by atoms with van der Waals surface area (Å²) in [6.07, 6.45) is 1.11. The van der Waals surface area contributed by atoms with E-state index in [9.17, 15) is 9.18 Å². The number of benzene rings is 1. The van der Waals surface area contributed by atoms with Crippen molar-refractivity contribution in [1.29, 1.82) is 0 Å². The second kappa shape index (κ2) is 4.41. The third kappa shape index (κ3) is 2.32. The van der Waals surface area contributed by atoms with Crippen molar-refractivity contribution >= 4 is 11.6 Å². The van der Waals surface area contributed by atoms with Crippen molar-refractivity contribution in [1.82, 2.24) is 0 Å². The summed E-state index contributed by atoms with van der Waals surface area (Å²) in [6, 6.07) is 4.16. The summed E-state index contributed by atoms with van der Waals surface area (Å²) < 4.78 is 17.8. The summed E-state index contributed by atoms with van der Waals surface area (Å²) in [5, 5.41) is 2.43. The van der Waals surface area contributed by atoms with Gasteiger partial charge in [0.1, 0.15) is 0 Å². The molecule has 0 saturated carbocycles. The van der Waals surface area contributed by atoms with Crippen LogP contribution in [0.15, 0.2) is 30.9 Å². The van der Waals surface area contributed by atoms with E-state index in [1.807, 2.05) is 0 Å². The lowest BCUT2D eigenvalue weighted by Gasteiger charge is -2.05. The number of amides is 1. The largest absolute Gasteiger partial charge is 0.494 e. The molecule has 0 aliphatic heterocycles. The molecule has 0 spiro atoms. The van der Waals surface area contributed by atoms with Gasteiger partial charge in [-0.2, -0.15) is 0 Å². The van der Waals surface area contributed by atoms with E-state index in [0.29, 0.717) is 5.69 Å². The Bertz CT molecular complexity index is 363. The van der Waals surface area contributed by atoms with E-state index in [1.54, 1.807) is 6.07 Å². The molecule has 0 aliphatic rings. The quantitative estimate of drug-likeness (QED) is 0.748. The molecule has 14 heavy (non-hydrogen) atoms. The minimum absolute atomic E-state index is 0.140. The molecular formula is C10H10FNO2. The number of nitrogens with one attached hydrogen (secondary N) is 1. The molecule has 0 unspecified atom stereocenters. The average molecular weight is 195 g/mol. The molecule has 1 N–H and O–H groups in total. The van der Waals surface area contributed by atoms with Crippen LogP contribution in [0.25, 0.3) is 0 Å². The molecule has 0 bridgehead atoms. The maximum atomic E-state index is 13.1. The summed E-state index contributed by atoms with van der Waals surface area (Å²) in [5.74, 6) is -0.759. The van der Waals surface area contributed by atoms with Crippen molar-refractivity contribution in [2.75, 3.05) is 12.4 Å². The molecule has 4 heteroatoms. The number of hydrogen-bond donors (Lipinski definition) is 1. The molecule has 0 aromatic heterocycles. The van der Waals surface area contributed by atoms with Crippen LogP contribution in [-0.4, -0.2) is 13.0 Å². The fourth-order valence-corrected chi connectivity index (χ4v) is 0.937. The van der Waals surface area contributed by atoms with Crippen LogP contribution in [0.2, 0.25) is 0 Å². The molecule has 3 nitrogen and oxygen atoms in total. The number of rotatable bonds is 3. The molecule has 0 heterocycles. The number of carbonyl (C=O) groups is 1. The van der Waals surface area contributed by atoms with Gasteiger partial charge in [0.25, 0.3) is 0 Å². The maximum absolute atomic E-state index is 13.1. The summed E-state index contributed by atoms with van der Waals surface area (Å²) in [7, 11) is 1.38. The highest BCUT2D eigenvalue weighted by molar-refractivity contribution is 5.98. The third-order valence-corrected chi connectivity index (χ3v) is 1.60. The highest BCUT2D eigenvalue weighted by Crippen LogP contribution is 2.20. The van der Waals surface area contributed by atoms with Crippen molar-refractivity contribution in [2.45, 2.75) is 0 Å². The maximum Gasteiger partial charge on any atom is 0.247 e. The zero-order chi connectivity index (χ0) is 10.6. The summed E-state index contributed by atoms with van der Waals surface area (Å²) >= 11 is 0. The Labute approximate surface area is 81.2 Å². The van der Waals surface area contributed by atoms with Crippen molar-refractivity contribution in [2.24, 2.45) is 0 Å². The summed E-state index contributed by atoms with van der Waals surface area (Å²) in [5.41, 5.74) is 0.369. The van der Waals surface area contributed by atoms with Crippen LogP contribution >= 0.6 is 0 Å². The van der Waals surface area contributed by atoms with Gasteiger partial charge in [0.05, 0.1) is 7.11 Å². The van der Waals surface area contributed by atoms with Gasteiger partial charge in [-0.1, -0.05) is 6.58 Å². The van der Waals surface area contributed by atoms with Crippen LogP contribution in [0.3, 0.4) is 0 Å². The van der Waals surface area contributed by atoms with Crippen LogP contribution in [0.4, 0.5) is 10.1 Å². The van der Waals surface area contributed by atoms with Crippen molar-refractivity contribution in [3.8, 4) is 5.75 Å². The van der Waals surface area contributed by atoms with Crippen LogP contribution in [0, 0.1) is 5.82 Å². The molecular weight excluding hydrogens is 185 g/mol. The first-order valence-electron chi connectivity index (χ1n) is 3.94. The standard InChI is InChI=1S/C10H10FNO2/c1-3-10(13)12-7-4-5-9(14-2)8(11)6-7/h3-6H,1H2,2H3,(H,12,13). The van der Waals surface area contributed by atoms with E-state index in [0.717, 1.165) is 6.08 Å². The van der Waals surface area contributed by atoms with Crippen molar-refractivity contribution in [3.63, 3.8) is 0 Å². The number of methoxy groups -OCH3 is 1. The Morgan fingerprint density at radius 3 is 2.86 bits per heavy atom. The molecule has 1 aromatic rings. The minimum Gasteiger partial charge on any atom is -0.494 e. The van der Waals surface area contributed by atoms with Gasteiger partial charge < -0.3 is 10.1 Å². The van der Waals surface area contributed by atoms with Gasteiger partial charge in [0.2, 0.25) is 5.91 Å². The smallest absolute Gasteiger partial charge is 0.247 e. The number of ether oxygens (including phenoxy) is 1. The lowest BCUT2D eigenvalue weighted by Crippen LogP contribution is -2.07. The monoisotopic (exact) mass is 195 g/mol. The van der Waals surface area contributed by atoms with E-state index in [4.69, 9.17) is 4.74 Å². The topological polar surface area (TPSA) is 38.3 Å². The Balaban J connectivity index is 2.86. The Morgan fingerprint density at radius 1 is 1.64 bits per heavy atom. The lowest BCUT2D eigenvalue weighted by molar-refractivity contribution is -0.111. The lowest BCUT2D eigenvalue weighted by atomic mass is 10.3. The van der Waals surface area contributed by atoms with Gasteiger partial charge in [0, 0.05) is 11.8 Å². The van der Waals surface area contributed by atoms with E-state index < -0.39 is 5.82 Å². The fourth-order valence-electron chi connectivity index (χ4n) is 0.937. The molecule has 1 amide bonds. The van der Waals surface area contributed by atoms with Gasteiger partial charge in [-0.3, -0.25) is 4.79 Å². The zero-order valence-electron chi connectivity index (χ0n) is 7.71. The van der Waals surface area contributed by atoms with Crippen LogP contribution in [0.5, 0.6) is 5.75 Å². The van der Waals surface area contributed by atoms with E-state index >= 15 is 0 Å². The molecule has 0 fully saturated rings. The first-order chi connectivity index (χ1) is 6.67. The number of hydrogen-bond acceptors (Lipinski definition) is 2. The molecule has 1 aromatic carbocycles. The van der Waals surface area contributed by atoms with Gasteiger partial charge in [-0.15, -0.1) is 0 Å². The second-order valence-corrected chi connectivity index (χ2v) is 2.54. The molecule has 0 radical (unpaired) electrons. The molecule has 0 aliphatic carbocycles. The van der Waals surface area contributed by atoms with E-state index in [-0.39, 0.29) is 11.7 Å². The van der Waals surface area contributed by atoms with E-state index in [1.165, 1.54) is 19.2 Å². The third-order valence-electron chi connectivity index (χ3n) is 1.60. The molecule has 1 rings (SSSR count). The number of halogens is 1. The summed E-state index contributed by atoms with van der Waals surface area (Å²) in [6.45, 7) is 3.28. The highest BCUT2D eigenvalue weighted by atomic mass is 19.1. The second-order valence-electron chi connectivity index (χ2n) is 2.54.